The summed E-state index contributed by atoms with van der Waals surface area (Å²) in [7, 11) is 0. The number of nitriles is 1. The highest BCUT2D eigenvalue weighted by molar-refractivity contribution is 14.1. The summed E-state index contributed by atoms with van der Waals surface area (Å²) >= 11 is 1.52. The van der Waals surface area contributed by atoms with Gasteiger partial charge >= 0.3 is 6.18 Å². The Morgan fingerprint density at radius 3 is 2.41 bits per heavy atom. The topological polar surface area (TPSA) is 36.7 Å². The fourth-order valence-electron chi connectivity index (χ4n) is 1.15. The molecule has 17 heavy (non-hydrogen) atoms. The Bertz CT molecular complexity index is 464. The van der Waals surface area contributed by atoms with E-state index in [4.69, 9.17) is 5.26 Å². The molecule has 0 saturated heterocycles. The molecule has 1 aromatic heterocycles. The molecule has 0 bridgehead atoms. The van der Waals surface area contributed by atoms with Crippen LogP contribution in [0.2, 0.25) is 0 Å². The fourth-order valence-corrected chi connectivity index (χ4v) is 1.75. The predicted octanol–water partition coefficient (Wildman–Crippen LogP) is 3.71. The van der Waals surface area contributed by atoms with Crippen LogP contribution in [0.5, 0.6) is 0 Å². The molecule has 0 spiro atoms. The first-order chi connectivity index (χ1) is 7.77. The van der Waals surface area contributed by atoms with E-state index in [2.05, 4.69) is 4.98 Å². The molecule has 1 rings (SSSR count). The number of aromatic nitrogens is 1. The molecule has 8 heteroatoms. The van der Waals surface area contributed by atoms with E-state index < -0.39 is 23.9 Å². The van der Waals surface area contributed by atoms with E-state index in [0.717, 1.165) is 0 Å². The molecule has 92 valence electrons. The first kappa shape index (κ1) is 14.1. The third kappa shape index (κ3) is 3.24. The summed E-state index contributed by atoms with van der Waals surface area (Å²) in [5, 5.41) is 8.41. The summed E-state index contributed by atoms with van der Waals surface area (Å²) in [4.78, 5) is 3.22. The van der Waals surface area contributed by atoms with Gasteiger partial charge in [0.25, 0.3) is 6.43 Å². The lowest BCUT2D eigenvalue weighted by Gasteiger charge is -2.13. The molecular formula is C9H4F5IN2. The van der Waals surface area contributed by atoms with Gasteiger partial charge in [0.2, 0.25) is 0 Å². The Hall–Kier alpha value is -0.980. The molecule has 0 N–H and O–H groups in total. The van der Waals surface area contributed by atoms with Crippen molar-refractivity contribution in [1.82, 2.24) is 4.98 Å². The van der Waals surface area contributed by atoms with Crippen LogP contribution in [-0.2, 0) is 12.6 Å². The van der Waals surface area contributed by atoms with Crippen molar-refractivity contribution in [2.24, 2.45) is 0 Å². The normalized spacial score (nSPS) is 11.6. The summed E-state index contributed by atoms with van der Waals surface area (Å²) in [6.07, 6.45) is -8.53. The third-order valence-electron chi connectivity index (χ3n) is 1.86. The Morgan fingerprint density at radius 2 is 2.00 bits per heavy atom. The Morgan fingerprint density at radius 1 is 1.41 bits per heavy atom. The zero-order valence-corrected chi connectivity index (χ0v) is 10.2. The van der Waals surface area contributed by atoms with E-state index in [9.17, 15) is 22.0 Å². The number of nitrogens with zero attached hydrogens (tertiary/aromatic N) is 2. The molecule has 0 amide bonds. The van der Waals surface area contributed by atoms with Crippen molar-refractivity contribution in [2.45, 2.75) is 19.0 Å². The summed E-state index contributed by atoms with van der Waals surface area (Å²) in [5.74, 6) is 0. The number of rotatable bonds is 2. The maximum absolute atomic E-state index is 12.5. The van der Waals surface area contributed by atoms with Crippen molar-refractivity contribution >= 4 is 22.6 Å². The van der Waals surface area contributed by atoms with Crippen molar-refractivity contribution in [3.63, 3.8) is 0 Å². The molecule has 0 aromatic carbocycles. The highest BCUT2D eigenvalue weighted by Crippen LogP contribution is 2.36. The van der Waals surface area contributed by atoms with Gasteiger partial charge in [0, 0.05) is 0 Å². The van der Waals surface area contributed by atoms with Crippen LogP contribution in [0.25, 0.3) is 0 Å². The smallest absolute Gasteiger partial charge is 0.240 e. The molecule has 0 atom stereocenters. The molecule has 0 unspecified atom stereocenters. The van der Waals surface area contributed by atoms with E-state index >= 15 is 0 Å². The lowest BCUT2D eigenvalue weighted by atomic mass is 10.1. The van der Waals surface area contributed by atoms with Gasteiger partial charge in [0.15, 0.2) is 0 Å². The van der Waals surface area contributed by atoms with Crippen molar-refractivity contribution < 1.29 is 22.0 Å². The molecule has 2 nitrogen and oxygen atoms in total. The number of hydrogen-bond donors (Lipinski definition) is 0. The first-order valence-corrected chi connectivity index (χ1v) is 5.27. The summed E-state index contributed by atoms with van der Waals surface area (Å²) in [5.41, 5.74) is -2.80. The van der Waals surface area contributed by atoms with Crippen LogP contribution in [-0.4, -0.2) is 4.98 Å². The minimum absolute atomic E-state index is 0.00942. The van der Waals surface area contributed by atoms with Crippen LogP contribution in [0.3, 0.4) is 0 Å². The van der Waals surface area contributed by atoms with E-state index in [1.54, 1.807) is 6.07 Å². The molecule has 1 aromatic rings. The second kappa shape index (κ2) is 5.12. The monoisotopic (exact) mass is 362 g/mol. The van der Waals surface area contributed by atoms with Gasteiger partial charge in [-0.05, 0) is 34.2 Å². The molecule has 0 aliphatic heterocycles. The molecule has 0 fully saturated rings. The third-order valence-corrected chi connectivity index (χ3v) is 2.79. The fraction of sp³-hybridized carbons (Fsp3) is 0.333. The summed E-state index contributed by atoms with van der Waals surface area (Å²) < 4.78 is 62.3. The average molecular weight is 362 g/mol. The molecule has 0 aliphatic carbocycles. The molecule has 0 radical (unpaired) electrons. The van der Waals surface area contributed by atoms with Gasteiger partial charge in [0.1, 0.15) is 9.39 Å². The quantitative estimate of drug-likeness (QED) is 0.457. The van der Waals surface area contributed by atoms with Crippen LogP contribution in [0, 0.1) is 15.0 Å². The van der Waals surface area contributed by atoms with Crippen molar-refractivity contribution in [3.8, 4) is 6.07 Å². The van der Waals surface area contributed by atoms with Crippen molar-refractivity contribution in [1.29, 1.82) is 5.26 Å². The number of hydrogen-bond acceptors (Lipinski definition) is 2. The highest BCUT2D eigenvalue weighted by Gasteiger charge is 2.37. The van der Waals surface area contributed by atoms with Gasteiger partial charge in [0.05, 0.1) is 18.1 Å². The maximum Gasteiger partial charge on any atom is 0.418 e. The minimum Gasteiger partial charge on any atom is -0.240 e. The van der Waals surface area contributed by atoms with E-state index in [0.29, 0.717) is 6.07 Å². The second-order valence-corrected chi connectivity index (χ2v) is 4.03. The number of halogens is 6. The zero-order valence-electron chi connectivity index (χ0n) is 8.02. The van der Waals surface area contributed by atoms with Gasteiger partial charge < -0.3 is 0 Å². The summed E-state index contributed by atoms with van der Waals surface area (Å²) in [6, 6.07) is 2.21. The van der Waals surface area contributed by atoms with E-state index in [1.807, 2.05) is 0 Å². The zero-order chi connectivity index (χ0) is 13.2. The first-order valence-electron chi connectivity index (χ1n) is 4.19. The Kier molecular flexibility index (Phi) is 4.24. The minimum atomic E-state index is -4.91. The molecule has 1 heterocycles. The Labute approximate surface area is 107 Å². The largest absolute Gasteiger partial charge is 0.418 e. The lowest BCUT2D eigenvalue weighted by molar-refractivity contribution is -0.140. The average Bonchev–Trinajstić information content (AvgIpc) is 2.18. The van der Waals surface area contributed by atoms with E-state index in [-0.39, 0.29) is 15.7 Å². The number of pyridine rings is 1. The van der Waals surface area contributed by atoms with Crippen molar-refractivity contribution in [3.05, 3.63) is 26.6 Å². The SMILES string of the molecule is N#CCc1cc(C(F)(F)F)c(C(F)F)nc1I. The van der Waals surface area contributed by atoms with Gasteiger partial charge in [-0.15, -0.1) is 0 Å². The standard InChI is InChI=1S/C9H4F5IN2/c10-7(11)6-5(9(12,13)14)3-4(1-2-16)8(15)17-6/h3,7H,1H2. The second-order valence-electron chi connectivity index (χ2n) is 3.00. The van der Waals surface area contributed by atoms with Gasteiger partial charge in [-0.1, -0.05) is 0 Å². The van der Waals surface area contributed by atoms with Crippen LogP contribution >= 0.6 is 22.6 Å². The van der Waals surface area contributed by atoms with Gasteiger partial charge in [-0.3, -0.25) is 0 Å². The van der Waals surface area contributed by atoms with Gasteiger partial charge in [-0.25, -0.2) is 13.8 Å². The maximum atomic E-state index is 12.5. The molecule has 0 saturated carbocycles. The number of alkyl halides is 5. The highest BCUT2D eigenvalue weighted by atomic mass is 127. The lowest BCUT2D eigenvalue weighted by Crippen LogP contribution is -2.13. The van der Waals surface area contributed by atoms with Crippen LogP contribution in [0.15, 0.2) is 6.07 Å². The van der Waals surface area contributed by atoms with Crippen LogP contribution in [0.1, 0.15) is 23.2 Å². The van der Waals surface area contributed by atoms with Crippen LogP contribution < -0.4 is 0 Å². The van der Waals surface area contributed by atoms with Gasteiger partial charge in [-0.2, -0.15) is 18.4 Å². The van der Waals surface area contributed by atoms with E-state index in [1.165, 1.54) is 22.6 Å². The van der Waals surface area contributed by atoms with Crippen molar-refractivity contribution in [2.75, 3.05) is 0 Å². The Balaban J connectivity index is 3.44. The van der Waals surface area contributed by atoms with Crippen LogP contribution in [0.4, 0.5) is 22.0 Å². The molecule has 0 aliphatic rings. The summed E-state index contributed by atoms with van der Waals surface area (Å²) in [6.45, 7) is 0. The molecular weight excluding hydrogens is 358 g/mol. The predicted molar refractivity (Wildman–Crippen MR) is 56.2 cm³/mol.